The molecule has 2 fully saturated rings. The summed E-state index contributed by atoms with van der Waals surface area (Å²) in [6.45, 7) is 0.827. The second-order valence-corrected chi connectivity index (χ2v) is 8.52. The number of piperidine rings is 1. The zero-order valence-electron chi connectivity index (χ0n) is 13.3. The lowest BCUT2D eigenvalue weighted by Gasteiger charge is -2.35. The van der Waals surface area contributed by atoms with Gasteiger partial charge in [-0.1, -0.05) is 12.8 Å². The van der Waals surface area contributed by atoms with Gasteiger partial charge in [-0.25, -0.2) is 0 Å². The van der Waals surface area contributed by atoms with Crippen LogP contribution in [0.5, 0.6) is 0 Å². The molecule has 2 aliphatic rings. The van der Waals surface area contributed by atoms with E-state index in [1.807, 2.05) is 11.9 Å². The van der Waals surface area contributed by atoms with Crippen molar-refractivity contribution in [2.75, 3.05) is 34.2 Å². The van der Waals surface area contributed by atoms with Gasteiger partial charge in [0.25, 0.3) is 10.2 Å². The van der Waals surface area contributed by atoms with Gasteiger partial charge in [0.1, 0.15) is 0 Å². The molecule has 0 spiro atoms. The summed E-state index contributed by atoms with van der Waals surface area (Å²) in [7, 11) is 1.52. The minimum Gasteiger partial charge on any atom is -0.342 e. The molecule has 0 radical (unpaired) electrons. The zero-order chi connectivity index (χ0) is 15.6. The van der Waals surface area contributed by atoms with Crippen molar-refractivity contribution in [2.24, 2.45) is 5.92 Å². The maximum Gasteiger partial charge on any atom is 0.281 e. The van der Waals surface area contributed by atoms with E-state index < -0.39 is 10.2 Å². The highest BCUT2D eigenvalue weighted by Crippen LogP contribution is 2.27. The van der Waals surface area contributed by atoms with Gasteiger partial charge in [0.15, 0.2) is 0 Å². The van der Waals surface area contributed by atoms with Gasteiger partial charge < -0.3 is 4.90 Å². The summed E-state index contributed by atoms with van der Waals surface area (Å²) in [5, 5.41) is 0. The molecule has 21 heavy (non-hydrogen) atoms. The smallest absolute Gasteiger partial charge is 0.281 e. The fourth-order valence-corrected chi connectivity index (χ4v) is 4.53. The van der Waals surface area contributed by atoms with E-state index in [9.17, 15) is 13.2 Å². The average Bonchev–Trinajstić information content (AvgIpc) is 2.99. The van der Waals surface area contributed by atoms with Crippen molar-refractivity contribution in [2.45, 2.75) is 44.6 Å². The molecule has 1 atom stereocenters. The van der Waals surface area contributed by atoms with Crippen LogP contribution in [0.1, 0.15) is 38.5 Å². The number of amides is 1. The van der Waals surface area contributed by atoms with Crippen LogP contribution >= 0.6 is 0 Å². The Morgan fingerprint density at radius 3 is 2.24 bits per heavy atom. The Bertz CT molecular complexity index is 472. The fraction of sp³-hybridized carbons (Fsp3) is 0.929. The third-order valence-electron chi connectivity index (χ3n) is 4.74. The summed E-state index contributed by atoms with van der Waals surface area (Å²) >= 11 is 0. The summed E-state index contributed by atoms with van der Waals surface area (Å²) in [5.74, 6) is -0.0837. The molecule has 1 amide bonds. The zero-order valence-corrected chi connectivity index (χ0v) is 14.1. The minimum atomic E-state index is -3.42. The predicted octanol–water partition coefficient (Wildman–Crippen LogP) is 0.906. The largest absolute Gasteiger partial charge is 0.342 e. The van der Waals surface area contributed by atoms with Gasteiger partial charge in [0, 0.05) is 40.3 Å². The quantitative estimate of drug-likeness (QED) is 0.774. The molecule has 0 aromatic carbocycles. The Balaban J connectivity index is 2.02. The highest BCUT2D eigenvalue weighted by Gasteiger charge is 2.36. The molecular formula is C14H27N3O3S. The van der Waals surface area contributed by atoms with E-state index in [4.69, 9.17) is 0 Å². The van der Waals surface area contributed by atoms with E-state index in [1.165, 1.54) is 35.5 Å². The molecule has 7 heteroatoms. The van der Waals surface area contributed by atoms with Crippen LogP contribution in [-0.4, -0.2) is 68.1 Å². The third kappa shape index (κ3) is 3.57. The van der Waals surface area contributed by atoms with E-state index >= 15 is 0 Å². The maximum atomic E-state index is 12.6. The number of hydrogen-bond donors (Lipinski definition) is 0. The molecule has 0 unspecified atom stereocenters. The number of carbonyl (C=O) groups is 1. The first-order chi connectivity index (χ1) is 9.84. The van der Waals surface area contributed by atoms with E-state index in [2.05, 4.69) is 0 Å². The molecule has 122 valence electrons. The van der Waals surface area contributed by atoms with E-state index in [1.54, 1.807) is 0 Å². The molecule has 0 bridgehead atoms. The maximum absolute atomic E-state index is 12.6. The standard InChI is InChI=1S/C14H27N3O3S/c1-15(2)21(19,20)17-10-6-7-12(11-17)14(18)16(3)13-8-4-5-9-13/h12-13H,4-11H2,1-3H3/t12-/m0/s1. The van der Waals surface area contributed by atoms with Crippen LogP contribution in [0.3, 0.4) is 0 Å². The summed E-state index contributed by atoms with van der Waals surface area (Å²) in [6.07, 6.45) is 6.07. The summed E-state index contributed by atoms with van der Waals surface area (Å²) < 4.78 is 27.1. The average molecular weight is 317 g/mol. The second-order valence-electron chi connectivity index (χ2n) is 6.37. The van der Waals surface area contributed by atoms with Crippen molar-refractivity contribution in [3.63, 3.8) is 0 Å². The van der Waals surface area contributed by atoms with Crippen LogP contribution in [0.15, 0.2) is 0 Å². The first-order valence-corrected chi connectivity index (χ1v) is 9.18. The first kappa shape index (κ1) is 16.7. The van der Waals surface area contributed by atoms with Gasteiger partial charge in [-0.15, -0.1) is 0 Å². The summed E-state index contributed by atoms with van der Waals surface area (Å²) in [4.78, 5) is 14.5. The number of hydrogen-bond acceptors (Lipinski definition) is 3. The molecule has 6 nitrogen and oxygen atoms in total. The lowest BCUT2D eigenvalue weighted by atomic mass is 9.97. The van der Waals surface area contributed by atoms with E-state index in [0.29, 0.717) is 19.1 Å². The van der Waals surface area contributed by atoms with Crippen LogP contribution in [0, 0.1) is 5.92 Å². The molecule has 0 aromatic rings. The Kier molecular flexibility index (Phi) is 5.27. The lowest BCUT2D eigenvalue weighted by molar-refractivity contribution is -0.137. The van der Waals surface area contributed by atoms with Gasteiger partial charge in [-0.3, -0.25) is 4.79 Å². The molecule has 0 N–H and O–H groups in total. The molecule has 0 aromatic heterocycles. The second kappa shape index (κ2) is 6.62. The first-order valence-electron chi connectivity index (χ1n) is 7.78. The van der Waals surface area contributed by atoms with Crippen LogP contribution < -0.4 is 0 Å². The van der Waals surface area contributed by atoms with Gasteiger partial charge >= 0.3 is 0 Å². The number of rotatable bonds is 4. The van der Waals surface area contributed by atoms with Crippen molar-refractivity contribution in [1.82, 2.24) is 13.5 Å². The number of carbonyl (C=O) groups excluding carboxylic acids is 1. The van der Waals surface area contributed by atoms with Crippen molar-refractivity contribution < 1.29 is 13.2 Å². The van der Waals surface area contributed by atoms with Crippen molar-refractivity contribution in [1.29, 1.82) is 0 Å². The topological polar surface area (TPSA) is 60.9 Å². The van der Waals surface area contributed by atoms with Crippen LogP contribution in [0.2, 0.25) is 0 Å². The normalized spacial score (nSPS) is 25.4. The summed E-state index contributed by atoms with van der Waals surface area (Å²) in [6, 6.07) is 0.346. The predicted molar refractivity (Wildman–Crippen MR) is 81.9 cm³/mol. The van der Waals surface area contributed by atoms with Gasteiger partial charge in [0.05, 0.1) is 5.92 Å². The highest BCUT2D eigenvalue weighted by molar-refractivity contribution is 7.86. The highest BCUT2D eigenvalue weighted by atomic mass is 32.2. The molecule has 1 aliphatic heterocycles. The van der Waals surface area contributed by atoms with Crippen LogP contribution in [-0.2, 0) is 15.0 Å². The third-order valence-corrected chi connectivity index (χ3v) is 6.65. The lowest BCUT2D eigenvalue weighted by Crippen LogP contribution is -2.50. The molecule has 1 heterocycles. The van der Waals surface area contributed by atoms with Gasteiger partial charge in [0.2, 0.25) is 5.91 Å². The fourth-order valence-electron chi connectivity index (χ4n) is 3.34. The van der Waals surface area contributed by atoms with Gasteiger partial charge in [-0.2, -0.15) is 17.0 Å². The van der Waals surface area contributed by atoms with E-state index in [-0.39, 0.29) is 11.8 Å². The molecule has 1 saturated carbocycles. The van der Waals surface area contributed by atoms with Crippen LogP contribution in [0.4, 0.5) is 0 Å². The minimum absolute atomic E-state index is 0.112. The monoisotopic (exact) mass is 317 g/mol. The Hall–Kier alpha value is -0.660. The van der Waals surface area contributed by atoms with Crippen molar-refractivity contribution in [3.05, 3.63) is 0 Å². The molecule has 1 aliphatic carbocycles. The summed E-state index contributed by atoms with van der Waals surface area (Å²) in [5.41, 5.74) is 0. The van der Waals surface area contributed by atoms with E-state index in [0.717, 1.165) is 25.7 Å². The van der Waals surface area contributed by atoms with Crippen molar-refractivity contribution in [3.8, 4) is 0 Å². The number of nitrogens with zero attached hydrogens (tertiary/aromatic N) is 3. The molecule has 2 rings (SSSR count). The molecular weight excluding hydrogens is 290 g/mol. The SMILES string of the molecule is CN(C(=O)[C@H]1CCCN(S(=O)(=O)N(C)C)C1)C1CCCC1. The Labute approximate surface area is 128 Å². The van der Waals surface area contributed by atoms with Gasteiger partial charge in [-0.05, 0) is 25.7 Å². The van der Waals surface area contributed by atoms with Crippen LogP contribution in [0.25, 0.3) is 0 Å². The van der Waals surface area contributed by atoms with Crippen molar-refractivity contribution >= 4 is 16.1 Å². The molecule has 1 saturated heterocycles. The Morgan fingerprint density at radius 2 is 1.67 bits per heavy atom. The Morgan fingerprint density at radius 1 is 1.05 bits per heavy atom.